The summed E-state index contributed by atoms with van der Waals surface area (Å²) < 4.78 is 39.0. The van der Waals surface area contributed by atoms with Crippen LogP contribution >= 0.6 is 0 Å². The number of carbonyl (C=O) groups is 2. The number of carbonyl (C=O) groups excluding carboxylic acids is 2. The first-order valence-electron chi connectivity index (χ1n) is 14.2. The fourth-order valence-corrected chi connectivity index (χ4v) is 6.69. The number of hydrogen-bond acceptors (Lipinski definition) is 5. The molecule has 3 heterocycles. The van der Waals surface area contributed by atoms with Gasteiger partial charge in [0.15, 0.2) is 0 Å². The summed E-state index contributed by atoms with van der Waals surface area (Å²) in [7, 11) is 0. The normalized spacial score (nSPS) is 25.3. The van der Waals surface area contributed by atoms with Crippen molar-refractivity contribution in [1.29, 1.82) is 0 Å². The van der Waals surface area contributed by atoms with Crippen molar-refractivity contribution in [3.05, 3.63) is 77.0 Å². The fraction of sp³-hybridized carbons (Fsp3) is 0.469. The number of pyridine rings is 1. The van der Waals surface area contributed by atoms with E-state index in [0.717, 1.165) is 39.7 Å². The third-order valence-electron chi connectivity index (χ3n) is 9.64. The van der Waals surface area contributed by atoms with Crippen LogP contribution < -0.4 is 5.32 Å². The molecule has 2 atom stereocenters. The highest BCUT2D eigenvalue weighted by Crippen LogP contribution is 2.51. The van der Waals surface area contributed by atoms with Gasteiger partial charge >= 0.3 is 6.18 Å². The van der Waals surface area contributed by atoms with Gasteiger partial charge in [-0.25, -0.2) is 0 Å². The van der Waals surface area contributed by atoms with E-state index in [2.05, 4.69) is 29.0 Å². The maximum absolute atomic E-state index is 13.0. The lowest BCUT2D eigenvalue weighted by molar-refractivity contribution is -0.148. The van der Waals surface area contributed by atoms with Gasteiger partial charge in [-0.1, -0.05) is 32.0 Å². The van der Waals surface area contributed by atoms with E-state index >= 15 is 0 Å². The fourth-order valence-electron chi connectivity index (χ4n) is 6.69. The predicted octanol–water partition coefficient (Wildman–Crippen LogP) is 5.85. The summed E-state index contributed by atoms with van der Waals surface area (Å²) >= 11 is 0. The van der Waals surface area contributed by atoms with Crippen molar-refractivity contribution in [2.24, 2.45) is 5.41 Å². The summed E-state index contributed by atoms with van der Waals surface area (Å²) in [5.74, 6) is -0.605. The first-order chi connectivity index (χ1) is 19.3. The summed E-state index contributed by atoms with van der Waals surface area (Å²) in [6.07, 6.45) is -0.116. The molecule has 3 aromatic rings. The quantitative estimate of drug-likeness (QED) is 0.366. The average Bonchev–Trinajstić information content (AvgIpc) is 2.95. The van der Waals surface area contributed by atoms with E-state index < -0.39 is 28.2 Å². The number of aliphatic hydroxyl groups is 1. The van der Waals surface area contributed by atoms with E-state index in [9.17, 15) is 27.9 Å². The first kappa shape index (κ1) is 29.2. The molecular formula is C32H36F3N3O3. The molecule has 1 aromatic heterocycles. The Hall–Kier alpha value is -3.30. The summed E-state index contributed by atoms with van der Waals surface area (Å²) in [4.78, 5) is 31.3. The zero-order valence-corrected chi connectivity index (χ0v) is 23.6. The van der Waals surface area contributed by atoms with Gasteiger partial charge in [0, 0.05) is 43.1 Å². The lowest BCUT2D eigenvalue weighted by Crippen LogP contribution is -2.57. The maximum Gasteiger partial charge on any atom is 0.416 e. The van der Waals surface area contributed by atoms with Crippen molar-refractivity contribution in [3.63, 3.8) is 0 Å². The van der Waals surface area contributed by atoms with Crippen LogP contribution in [0.4, 0.5) is 13.2 Å². The Kier molecular flexibility index (Phi) is 7.49. The second-order valence-electron chi connectivity index (χ2n) is 11.8. The molecule has 0 aliphatic carbocycles. The minimum absolute atomic E-state index is 0.262. The van der Waals surface area contributed by atoms with Gasteiger partial charge in [-0.05, 0) is 79.6 Å². The standard InChI is InChI=1S/C32H36F3N3O3/c1-4-30(5-2)20-38(19-21-6-8-23(9-7-21)32(33,34)35)15-14-31(30,41)24-10-11-26-22(16-24)17-25(18-36-26)29(3)13-12-27(39)37-28(29)40/h6-11,16-18,41H,4-5,12-15,19-20H2,1-3H3,(H,37,39,40). The molecule has 2 aromatic carbocycles. The molecule has 0 radical (unpaired) electrons. The van der Waals surface area contributed by atoms with Gasteiger partial charge in [0.1, 0.15) is 0 Å². The minimum Gasteiger partial charge on any atom is -0.384 e. The van der Waals surface area contributed by atoms with E-state index in [1.54, 1.807) is 6.20 Å². The summed E-state index contributed by atoms with van der Waals surface area (Å²) in [6, 6.07) is 13.0. The molecule has 2 N–H and O–H groups in total. The average molecular weight is 568 g/mol. The molecule has 2 amide bonds. The Bertz CT molecular complexity index is 1470. The summed E-state index contributed by atoms with van der Waals surface area (Å²) in [5, 5.41) is 15.6. The molecule has 0 bridgehead atoms. The van der Waals surface area contributed by atoms with Crippen molar-refractivity contribution in [3.8, 4) is 0 Å². The molecule has 218 valence electrons. The van der Waals surface area contributed by atoms with Crippen LogP contribution in [0.3, 0.4) is 0 Å². The molecule has 2 fully saturated rings. The molecule has 2 aliphatic rings. The van der Waals surface area contributed by atoms with Crippen LogP contribution in [0.5, 0.6) is 0 Å². The second-order valence-corrected chi connectivity index (χ2v) is 11.8. The van der Waals surface area contributed by atoms with Crippen LogP contribution in [-0.4, -0.2) is 39.9 Å². The van der Waals surface area contributed by atoms with Gasteiger partial charge in [-0.2, -0.15) is 13.2 Å². The zero-order chi connectivity index (χ0) is 29.6. The van der Waals surface area contributed by atoms with E-state index in [0.29, 0.717) is 45.3 Å². The van der Waals surface area contributed by atoms with Crippen LogP contribution in [0, 0.1) is 5.41 Å². The van der Waals surface area contributed by atoms with E-state index in [-0.39, 0.29) is 18.2 Å². The van der Waals surface area contributed by atoms with Gasteiger partial charge in [0.05, 0.1) is 22.1 Å². The number of likely N-dealkylation sites (tertiary alicyclic amines) is 1. The number of halogens is 3. The topological polar surface area (TPSA) is 82.5 Å². The number of rotatable bonds is 6. The predicted molar refractivity (Wildman–Crippen MR) is 150 cm³/mol. The Morgan fingerprint density at radius 2 is 1.68 bits per heavy atom. The maximum atomic E-state index is 13.0. The minimum atomic E-state index is -4.37. The van der Waals surface area contributed by atoms with Gasteiger partial charge in [0.25, 0.3) is 0 Å². The van der Waals surface area contributed by atoms with Crippen LogP contribution in [0.2, 0.25) is 0 Å². The SMILES string of the molecule is CCC1(CC)CN(Cc2ccc(C(F)(F)F)cc2)CCC1(O)c1ccc2ncc(C3(C)CCC(=O)NC3=O)cc2c1. The molecule has 2 saturated heterocycles. The van der Waals surface area contributed by atoms with Crippen molar-refractivity contribution in [2.45, 2.75) is 76.6 Å². The third-order valence-corrected chi connectivity index (χ3v) is 9.64. The zero-order valence-electron chi connectivity index (χ0n) is 23.6. The van der Waals surface area contributed by atoms with E-state index in [1.165, 1.54) is 12.1 Å². The third kappa shape index (κ3) is 5.14. The number of benzene rings is 2. The molecule has 6 nitrogen and oxygen atoms in total. The highest BCUT2D eigenvalue weighted by atomic mass is 19.4. The van der Waals surface area contributed by atoms with Crippen molar-refractivity contribution in [2.75, 3.05) is 13.1 Å². The number of nitrogens with zero attached hydrogens (tertiary/aromatic N) is 2. The number of imide groups is 1. The smallest absolute Gasteiger partial charge is 0.384 e. The highest BCUT2D eigenvalue weighted by molar-refractivity contribution is 6.03. The molecule has 0 spiro atoms. The van der Waals surface area contributed by atoms with Gasteiger partial charge in [-0.15, -0.1) is 0 Å². The molecule has 9 heteroatoms. The van der Waals surface area contributed by atoms with Gasteiger partial charge < -0.3 is 5.11 Å². The van der Waals surface area contributed by atoms with Crippen LogP contribution in [0.15, 0.2) is 54.7 Å². The Balaban J connectivity index is 1.43. The van der Waals surface area contributed by atoms with Crippen LogP contribution in [0.25, 0.3) is 10.9 Å². The van der Waals surface area contributed by atoms with Crippen LogP contribution in [0.1, 0.15) is 75.1 Å². The summed E-state index contributed by atoms with van der Waals surface area (Å²) in [5.41, 5.74) is -0.0840. The first-order valence-corrected chi connectivity index (χ1v) is 14.2. The van der Waals surface area contributed by atoms with E-state index in [4.69, 9.17) is 0 Å². The lowest BCUT2D eigenvalue weighted by Gasteiger charge is -2.54. The number of fused-ring (bicyclic) bond motifs is 1. The Morgan fingerprint density at radius 3 is 2.32 bits per heavy atom. The van der Waals surface area contributed by atoms with Gasteiger partial charge in [-0.3, -0.25) is 24.8 Å². The van der Waals surface area contributed by atoms with Crippen LogP contribution in [-0.2, 0) is 33.3 Å². The second kappa shape index (κ2) is 10.5. The Morgan fingerprint density at radius 1 is 1.00 bits per heavy atom. The molecule has 2 aliphatic heterocycles. The number of aromatic nitrogens is 1. The highest BCUT2D eigenvalue weighted by Gasteiger charge is 2.52. The number of amides is 2. The monoisotopic (exact) mass is 567 g/mol. The summed E-state index contributed by atoms with van der Waals surface area (Å²) in [6.45, 7) is 7.65. The molecule has 2 unspecified atom stereocenters. The van der Waals surface area contributed by atoms with E-state index in [1.807, 2.05) is 31.2 Å². The van der Waals surface area contributed by atoms with Crippen molar-refractivity contribution >= 4 is 22.7 Å². The van der Waals surface area contributed by atoms with Gasteiger partial charge in [0.2, 0.25) is 11.8 Å². The lowest BCUT2D eigenvalue weighted by atomic mass is 9.61. The molecule has 0 saturated carbocycles. The number of alkyl halides is 3. The van der Waals surface area contributed by atoms with Crippen molar-refractivity contribution < 1.29 is 27.9 Å². The Labute approximate surface area is 238 Å². The number of piperidine rings is 2. The molecule has 41 heavy (non-hydrogen) atoms. The number of nitrogens with one attached hydrogen (secondary N) is 1. The van der Waals surface area contributed by atoms with Crippen molar-refractivity contribution in [1.82, 2.24) is 15.2 Å². The molecule has 5 rings (SSSR count). The largest absolute Gasteiger partial charge is 0.416 e. The molecular weight excluding hydrogens is 531 g/mol. The number of hydrogen-bond donors (Lipinski definition) is 2.